The number of hydrogen-bond acceptors (Lipinski definition) is 4. The van der Waals surface area contributed by atoms with E-state index in [9.17, 15) is 4.79 Å². The van der Waals surface area contributed by atoms with Gasteiger partial charge in [-0.15, -0.1) is 0 Å². The number of nitrogens with one attached hydrogen (secondary N) is 1. The molecule has 0 bridgehead atoms. The number of amides is 1. The number of nitrogens with zero attached hydrogens (tertiary/aromatic N) is 1. The lowest BCUT2D eigenvalue weighted by molar-refractivity contribution is -0.131. The Morgan fingerprint density at radius 2 is 2.13 bits per heavy atom. The van der Waals surface area contributed by atoms with Gasteiger partial charge in [0.05, 0.1) is 13.5 Å². The number of rotatable bonds is 5. The van der Waals surface area contributed by atoms with Gasteiger partial charge in [0.1, 0.15) is 5.75 Å². The molecular weight excluding hydrogens is 308 g/mol. The summed E-state index contributed by atoms with van der Waals surface area (Å²) in [6.45, 7) is 1.75. The van der Waals surface area contributed by atoms with E-state index in [1.54, 1.807) is 7.11 Å². The van der Waals surface area contributed by atoms with Gasteiger partial charge in [0.25, 0.3) is 0 Å². The van der Waals surface area contributed by atoms with Gasteiger partial charge in [0.2, 0.25) is 5.91 Å². The lowest BCUT2D eigenvalue weighted by Crippen LogP contribution is -2.48. The van der Waals surface area contributed by atoms with E-state index in [-0.39, 0.29) is 5.91 Å². The van der Waals surface area contributed by atoms with Crippen LogP contribution < -0.4 is 10.1 Å². The molecule has 126 valence electrons. The first kappa shape index (κ1) is 16.7. The van der Waals surface area contributed by atoms with Gasteiger partial charge in [-0.1, -0.05) is 12.1 Å². The average Bonchev–Trinajstić information content (AvgIpc) is 3.08. The number of piperidine rings is 1. The summed E-state index contributed by atoms with van der Waals surface area (Å²) in [4.78, 5) is 14.5. The molecule has 5 heteroatoms. The van der Waals surface area contributed by atoms with Gasteiger partial charge < -0.3 is 15.0 Å². The van der Waals surface area contributed by atoms with Crippen molar-refractivity contribution < 1.29 is 9.53 Å². The number of likely N-dealkylation sites (tertiary alicyclic amines) is 1. The Morgan fingerprint density at radius 1 is 1.30 bits per heavy atom. The molecule has 1 amide bonds. The maximum Gasteiger partial charge on any atom is 0.226 e. The van der Waals surface area contributed by atoms with Crippen LogP contribution in [0, 0.1) is 0 Å². The minimum atomic E-state index is 0.230. The highest BCUT2D eigenvalue weighted by Crippen LogP contribution is 2.20. The third-order valence-electron chi connectivity index (χ3n) is 4.74. The smallest absolute Gasteiger partial charge is 0.226 e. The van der Waals surface area contributed by atoms with Crippen LogP contribution in [0.5, 0.6) is 5.75 Å². The van der Waals surface area contributed by atoms with Crippen molar-refractivity contribution in [2.75, 3.05) is 31.7 Å². The molecule has 2 saturated heterocycles. The molecule has 2 heterocycles. The van der Waals surface area contributed by atoms with E-state index in [1.807, 2.05) is 40.9 Å². The van der Waals surface area contributed by atoms with E-state index in [2.05, 4.69) is 5.32 Å². The second-order valence-electron chi connectivity index (χ2n) is 6.41. The van der Waals surface area contributed by atoms with Crippen LogP contribution in [-0.4, -0.2) is 54.6 Å². The van der Waals surface area contributed by atoms with Gasteiger partial charge in [0, 0.05) is 30.9 Å². The minimum absolute atomic E-state index is 0.230. The highest BCUT2D eigenvalue weighted by Gasteiger charge is 2.25. The largest absolute Gasteiger partial charge is 0.497 e. The monoisotopic (exact) mass is 334 g/mol. The molecule has 2 aliphatic rings. The van der Waals surface area contributed by atoms with Crippen LogP contribution in [0.3, 0.4) is 0 Å². The summed E-state index contributed by atoms with van der Waals surface area (Å²) in [5.74, 6) is 3.57. The second kappa shape index (κ2) is 8.06. The van der Waals surface area contributed by atoms with Crippen LogP contribution in [0.15, 0.2) is 24.3 Å². The van der Waals surface area contributed by atoms with Gasteiger partial charge in [0.15, 0.2) is 0 Å². The van der Waals surface area contributed by atoms with Crippen molar-refractivity contribution in [3.8, 4) is 5.75 Å². The molecule has 0 aromatic heterocycles. The lowest BCUT2D eigenvalue weighted by atomic mass is 10.0. The number of thioether (sulfide) groups is 1. The Bertz CT molecular complexity index is 524. The van der Waals surface area contributed by atoms with Gasteiger partial charge in [-0.2, -0.15) is 11.8 Å². The summed E-state index contributed by atoms with van der Waals surface area (Å²) in [6.07, 6.45) is 3.91. The van der Waals surface area contributed by atoms with Gasteiger partial charge in [-0.25, -0.2) is 0 Å². The Morgan fingerprint density at radius 3 is 2.83 bits per heavy atom. The Balaban J connectivity index is 1.45. The van der Waals surface area contributed by atoms with Crippen LogP contribution >= 0.6 is 11.8 Å². The fourth-order valence-corrected chi connectivity index (χ4v) is 4.53. The van der Waals surface area contributed by atoms with Crippen molar-refractivity contribution in [1.82, 2.24) is 10.2 Å². The molecule has 0 saturated carbocycles. The zero-order valence-corrected chi connectivity index (χ0v) is 14.6. The van der Waals surface area contributed by atoms with Crippen LogP contribution in [0.1, 0.15) is 24.8 Å². The maximum absolute atomic E-state index is 12.5. The van der Waals surface area contributed by atoms with Crippen molar-refractivity contribution >= 4 is 17.7 Å². The number of carbonyl (C=O) groups excluding carboxylic acids is 1. The highest BCUT2D eigenvalue weighted by atomic mass is 32.2. The molecule has 2 fully saturated rings. The molecule has 0 spiro atoms. The van der Waals surface area contributed by atoms with E-state index in [0.717, 1.165) is 37.2 Å². The van der Waals surface area contributed by atoms with Crippen molar-refractivity contribution in [2.45, 2.75) is 37.8 Å². The molecule has 4 nitrogen and oxygen atoms in total. The molecule has 1 atom stereocenters. The topological polar surface area (TPSA) is 41.6 Å². The first-order valence-corrected chi connectivity index (χ1v) is 9.64. The van der Waals surface area contributed by atoms with E-state index >= 15 is 0 Å². The zero-order valence-electron chi connectivity index (χ0n) is 13.8. The fourth-order valence-electron chi connectivity index (χ4n) is 3.36. The summed E-state index contributed by atoms with van der Waals surface area (Å²) in [5, 5.41) is 3.77. The van der Waals surface area contributed by atoms with E-state index < -0.39 is 0 Å². The van der Waals surface area contributed by atoms with Crippen LogP contribution in [0.2, 0.25) is 0 Å². The van der Waals surface area contributed by atoms with E-state index in [0.29, 0.717) is 18.5 Å². The molecule has 1 aromatic carbocycles. The van der Waals surface area contributed by atoms with Crippen molar-refractivity contribution in [3.05, 3.63) is 29.8 Å². The fraction of sp³-hybridized carbons (Fsp3) is 0.611. The lowest BCUT2D eigenvalue weighted by Gasteiger charge is -2.34. The van der Waals surface area contributed by atoms with Gasteiger partial charge in [-0.05, 0) is 42.7 Å². The van der Waals surface area contributed by atoms with Gasteiger partial charge >= 0.3 is 0 Å². The first-order chi connectivity index (χ1) is 11.2. The number of carbonyl (C=O) groups is 1. The quantitative estimate of drug-likeness (QED) is 0.897. The number of hydrogen-bond donors (Lipinski definition) is 1. The summed E-state index contributed by atoms with van der Waals surface area (Å²) in [5.41, 5.74) is 1.03. The van der Waals surface area contributed by atoms with Crippen molar-refractivity contribution in [2.24, 2.45) is 0 Å². The minimum Gasteiger partial charge on any atom is -0.497 e. The summed E-state index contributed by atoms with van der Waals surface area (Å²) >= 11 is 2.04. The standard InChI is InChI=1S/C18H26N2O2S/c1-22-17-4-2-3-14(11-17)12-18(21)20-8-5-15(6-9-20)19-16-7-10-23-13-16/h2-4,11,15-16,19H,5-10,12-13H2,1H3/t16-/m0/s1. The second-order valence-corrected chi connectivity index (χ2v) is 7.56. The maximum atomic E-state index is 12.5. The molecule has 0 aliphatic carbocycles. The number of ether oxygens (including phenoxy) is 1. The molecule has 3 rings (SSSR count). The first-order valence-electron chi connectivity index (χ1n) is 8.49. The Hall–Kier alpha value is -1.20. The number of benzene rings is 1. The Kier molecular flexibility index (Phi) is 5.84. The summed E-state index contributed by atoms with van der Waals surface area (Å²) in [6, 6.07) is 9.06. The SMILES string of the molecule is COc1cccc(CC(=O)N2CCC(N[C@H]3CCSC3)CC2)c1. The van der Waals surface area contributed by atoms with Crippen molar-refractivity contribution in [3.63, 3.8) is 0 Å². The van der Waals surface area contributed by atoms with Crippen molar-refractivity contribution in [1.29, 1.82) is 0 Å². The normalized spacial score (nSPS) is 22.3. The molecule has 1 N–H and O–H groups in total. The third-order valence-corrected chi connectivity index (χ3v) is 5.90. The van der Waals surface area contributed by atoms with Gasteiger partial charge in [-0.3, -0.25) is 4.79 Å². The molecule has 0 unspecified atom stereocenters. The predicted octanol–water partition coefficient (Wildman–Crippen LogP) is 2.32. The molecule has 1 aromatic rings. The predicted molar refractivity (Wildman–Crippen MR) is 95.2 cm³/mol. The van der Waals surface area contributed by atoms with Crippen LogP contribution in [0.25, 0.3) is 0 Å². The summed E-state index contributed by atoms with van der Waals surface area (Å²) in [7, 11) is 1.65. The molecular formula is C18H26N2O2S. The third kappa shape index (κ3) is 4.64. The molecule has 0 radical (unpaired) electrons. The van der Waals surface area contributed by atoms with Crippen LogP contribution in [-0.2, 0) is 11.2 Å². The zero-order chi connectivity index (χ0) is 16.1. The number of methoxy groups -OCH3 is 1. The van der Waals surface area contributed by atoms with E-state index in [4.69, 9.17) is 4.74 Å². The van der Waals surface area contributed by atoms with Crippen LogP contribution in [0.4, 0.5) is 0 Å². The highest BCUT2D eigenvalue weighted by molar-refractivity contribution is 7.99. The molecule has 2 aliphatic heterocycles. The summed E-state index contributed by atoms with van der Waals surface area (Å²) < 4.78 is 5.22. The Labute approximate surface area is 143 Å². The van der Waals surface area contributed by atoms with E-state index in [1.165, 1.54) is 17.9 Å². The molecule has 23 heavy (non-hydrogen) atoms. The average molecular weight is 334 g/mol.